The number of benzene rings is 1. The molecular formula is C12H13F3N2O. The number of halogens is 3. The molecule has 98 valence electrons. The van der Waals surface area contributed by atoms with Gasteiger partial charge in [-0.15, -0.1) is 0 Å². The van der Waals surface area contributed by atoms with E-state index >= 15 is 0 Å². The van der Waals surface area contributed by atoms with Crippen LogP contribution in [-0.2, 0) is 4.79 Å². The molecule has 0 aromatic heterocycles. The minimum absolute atomic E-state index is 0.263. The maximum atomic E-state index is 13.2. The summed E-state index contributed by atoms with van der Waals surface area (Å²) in [6, 6.07) is 1.22. The molecule has 6 heteroatoms. The van der Waals surface area contributed by atoms with E-state index in [1.807, 2.05) is 0 Å². The van der Waals surface area contributed by atoms with Crippen LogP contribution < -0.4 is 5.84 Å². The van der Waals surface area contributed by atoms with Crippen LogP contribution in [0.15, 0.2) is 12.1 Å². The first-order valence-corrected chi connectivity index (χ1v) is 5.65. The first kappa shape index (κ1) is 13.0. The number of aldehydes is 1. The molecule has 3 nitrogen and oxygen atoms in total. The maximum Gasteiger partial charge on any atom is 0.194 e. The van der Waals surface area contributed by atoms with Crippen molar-refractivity contribution >= 4 is 6.29 Å². The summed E-state index contributed by atoms with van der Waals surface area (Å²) in [7, 11) is 0. The number of hydrogen-bond donors (Lipinski definition) is 1. The van der Waals surface area contributed by atoms with E-state index in [4.69, 9.17) is 5.84 Å². The molecule has 0 bridgehead atoms. The Bertz CT molecular complexity index is 444. The van der Waals surface area contributed by atoms with Crippen molar-refractivity contribution in [3.63, 3.8) is 0 Å². The van der Waals surface area contributed by atoms with Gasteiger partial charge in [0.2, 0.25) is 0 Å². The van der Waals surface area contributed by atoms with Crippen LogP contribution in [0.2, 0.25) is 0 Å². The van der Waals surface area contributed by atoms with Gasteiger partial charge < -0.3 is 4.79 Å². The SMILES string of the molecule is NN1CCCC(c2cc(F)c(F)c(F)c2)C1C=O. The fourth-order valence-electron chi connectivity index (χ4n) is 2.37. The Morgan fingerprint density at radius 2 is 1.89 bits per heavy atom. The zero-order valence-corrected chi connectivity index (χ0v) is 9.57. The lowest BCUT2D eigenvalue weighted by Crippen LogP contribution is -2.49. The molecular weight excluding hydrogens is 245 g/mol. The van der Waals surface area contributed by atoms with Crippen LogP contribution in [0.3, 0.4) is 0 Å². The minimum Gasteiger partial charge on any atom is -0.302 e. The molecule has 1 aromatic rings. The van der Waals surface area contributed by atoms with Crippen molar-refractivity contribution in [3.8, 4) is 0 Å². The summed E-state index contributed by atoms with van der Waals surface area (Å²) in [6.45, 7) is 0.548. The van der Waals surface area contributed by atoms with E-state index in [-0.39, 0.29) is 5.56 Å². The van der Waals surface area contributed by atoms with Crippen molar-refractivity contribution in [2.24, 2.45) is 5.84 Å². The number of hydrogen-bond acceptors (Lipinski definition) is 3. The molecule has 2 rings (SSSR count). The van der Waals surface area contributed by atoms with E-state index in [1.54, 1.807) is 0 Å². The van der Waals surface area contributed by atoms with Crippen LogP contribution >= 0.6 is 0 Å². The normalized spacial score (nSPS) is 25.1. The van der Waals surface area contributed by atoms with Crippen LogP contribution in [0.1, 0.15) is 24.3 Å². The summed E-state index contributed by atoms with van der Waals surface area (Å²) >= 11 is 0. The van der Waals surface area contributed by atoms with E-state index < -0.39 is 29.4 Å². The number of nitrogens with zero attached hydrogens (tertiary/aromatic N) is 1. The van der Waals surface area contributed by atoms with E-state index in [1.165, 1.54) is 5.01 Å². The number of hydrazine groups is 1. The van der Waals surface area contributed by atoms with Gasteiger partial charge in [-0.1, -0.05) is 0 Å². The Morgan fingerprint density at radius 1 is 1.28 bits per heavy atom. The monoisotopic (exact) mass is 258 g/mol. The molecule has 1 aliphatic heterocycles. The van der Waals surface area contributed by atoms with Crippen molar-refractivity contribution in [3.05, 3.63) is 35.1 Å². The maximum absolute atomic E-state index is 13.2. The highest BCUT2D eigenvalue weighted by Crippen LogP contribution is 2.31. The molecule has 2 atom stereocenters. The molecule has 0 amide bonds. The van der Waals surface area contributed by atoms with Crippen LogP contribution in [0.4, 0.5) is 13.2 Å². The second kappa shape index (κ2) is 5.07. The molecule has 1 fully saturated rings. The van der Waals surface area contributed by atoms with Crippen LogP contribution in [0, 0.1) is 17.5 Å². The minimum atomic E-state index is -1.50. The van der Waals surface area contributed by atoms with Crippen LogP contribution in [0.25, 0.3) is 0 Å². The Morgan fingerprint density at radius 3 is 2.44 bits per heavy atom. The average molecular weight is 258 g/mol. The van der Waals surface area contributed by atoms with Gasteiger partial charge in [0.25, 0.3) is 0 Å². The molecule has 1 aromatic carbocycles. The summed E-state index contributed by atoms with van der Waals surface area (Å²) in [4.78, 5) is 11.0. The summed E-state index contributed by atoms with van der Waals surface area (Å²) in [6.07, 6.45) is 1.96. The van der Waals surface area contributed by atoms with Gasteiger partial charge in [-0.05, 0) is 30.5 Å². The first-order valence-electron chi connectivity index (χ1n) is 5.65. The molecule has 2 unspecified atom stereocenters. The number of piperidine rings is 1. The van der Waals surface area contributed by atoms with Gasteiger partial charge >= 0.3 is 0 Å². The van der Waals surface area contributed by atoms with Crippen molar-refractivity contribution in [1.82, 2.24) is 5.01 Å². The topological polar surface area (TPSA) is 46.3 Å². The van der Waals surface area contributed by atoms with E-state index in [2.05, 4.69) is 0 Å². The third-order valence-electron chi connectivity index (χ3n) is 3.30. The van der Waals surface area contributed by atoms with E-state index in [0.717, 1.165) is 12.1 Å². The van der Waals surface area contributed by atoms with Gasteiger partial charge in [-0.2, -0.15) is 0 Å². The lowest BCUT2D eigenvalue weighted by Gasteiger charge is -2.35. The molecule has 2 N–H and O–H groups in total. The predicted molar refractivity (Wildman–Crippen MR) is 59.0 cm³/mol. The Hall–Kier alpha value is -1.40. The Kier molecular flexibility index (Phi) is 3.68. The van der Waals surface area contributed by atoms with E-state index in [0.29, 0.717) is 25.7 Å². The smallest absolute Gasteiger partial charge is 0.194 e. The summed E-state index contributed by atoms with van der Waals surface area (Å²) in [5.74, 6) is 1.26. The second-order valence-corrected chi connectivity index (χ2v) is 4.41. The molecule has 1 aliphatic rings. The van der Waals surface area contributed by atoms with E-state index in [9.17, 15) is 18.0 Å². The van der Waals surface area contributed by atoms with Gasteiger partial charge in [0.05, 0.1) is 6.04 Å². The zero-order valence-electron chi connectivity index (χ0n) is 9.57. The highest BCUT2D eigenvalue weighted by Gasteiger charge is 2.31. The molecule has 0 radical (unpaired) electrons. The lowest BCUT2D eigenvalue weighted by atomic mass is 9.85. The molecule has 1 saturated heterocycles. The molecule has 0 saturated carbocycles. The summed E-state index contributed by atoms with van der Waals surface area (Å²) in [5.41, 5.74) is 0.263. The van der Waals surface area contributed by atoms with Crippen LogP contribution in [-0.4, -0.2) is 23.9 Å². The third kappa shape index (κ3) is 2.26. The highest BCUT2D eigenvalue weighted by molar-refractivity contribution is 5.60. The van der Waals surface area contributed by atoms with Gasteiger partial charge in [0.1, 0.15) is 6.29 Å². The van der Waals surface area contributed by atoms with Gasteiger partial charge in [0.15, 0.2) is 17.5 Å². The standard InChI is InChI=1S/C12H13F3N2O/c13-9-4-7(5-10(14)12(9)15)8-2-1-3-17(16)11(8)6-18/h4-6,8,11H,1-3,16H2. The Labute approximate surface area is 102 Å². The largest absolute Gasteiger partial charge is 0.302 e. The number of carbonyl (C=O) groups excluding carboxylic acids is 1. The van der Waals surface area contributed by atoms with Gasteiger partial charge in [-0.25, -0.2) is 18.2 Å². The summed E-state index contributed by atoms with van der Waals surface area (Å²) < 4.78 is 39.2. The third-order valence-corrected chi connectivity index (χ3v) is 3.30. The van der Waals surface area contributed by atoms with Gasteiger partial charge in [-0.3, -0.25) is 5.84 Å². The number of nitrogens with two attached hydrogens (primary N) is 1. The zero-order chi connectivity index (χ0) is 13.3. The fourth-order valence-corrected chi connectivity index (χ4v) is 2.37. The van der Waals surface area contributed by atoms with Crippen LogP contribution in [0.5, 0.6) is 0 Å². The van der Waals surface area contributed by atoms with Crippen molar-refractivity contribution in [2.75, 3.05) is 6.54 Å². The lowest BCUT2D eigenvalue weighted by molar-refractivity contribution is -0.114. The first-order chi connectivity index (χ1) is 8.54. The number of rotatable bonds is 2. The molecule has 0 aliphatic carbocycles. The highest BCUT2D eigenvalue weighted by atomic mass is 19.2. The molecule has 18 heavy (non-hydrogen) atoms. The Balaban J connectivity index is 2.37. The summed E-state index contributed by atoms with van der Waals surface area (Å²) in [5, 5.41) is 1.35. The second-order valence-electron chi connectivity index (χ2n) is 4.41. The predicted octanol–water partition coefficient (Wildman–Crippen LogP) is 1.72. The average Bonchev–Trinajstić information content (AvgIpc) is 2.35. The van der Waals surface area contributed by atoms with Gasteiger partial charge in [0, 0.05) is 12.5 Å². The van der Waals surface area contributed by atoms with Crippen molar-refractivity contribution in [1.29, 1.82) is 0 Å². The number of carbonyl (C=O) groups is 1. The fraction of sp³-hybridized carbons (Fsp3) is 0.417. The molecule has 1 heterocycles. The molecule has 0 spiro atoms. The quantitative estimate of drug-likeness (QED) is 0.499. The van der Waals surface area contributed by atoms with Crippen molar-refractivity contribution < 1.29 is 18.0 Å². The van der Waals surface area contributed by atoms with Crippen molar-refractivity contribution in [2.45, 2.75) is 24.8 Å².